The average Bonchev–Trinajstić information content (AvgIpc) is 2.39. The van der Waals surface area contributed by atoms with Crippen molar-refractivity contribution >= 4 is 27.6 Å². The highest BCUT2D eigenvalue weighted by Crippen LogP contribution is 2.18. The van der Waals surface area contributed by atoms with Crippen molar-refractivity contribution in [3.63, 3.8) is 0 Å². The van der Waals surface area contributed by atoms with Crippen LogP contribution < -0.4 is 4.72 Å². The Kier molecular flexibility index (Phi) is 5.71. The summed E-state index contributed by atoms with van der Waals surface area (Å²) in [6, 6.07) is 4.05. The number of sulfonamides is 1. The van der Waals surface area contributed by atoms with Gasteiger partial charge >= 0.3 is 11.9 Å². The standard InChI is InChI=1S/C13H17NO6S/c1-3-20-12(15)6-7-21(18,19)14-11-5-4-10(13(16)17)8-9(11)2/h4-5,8,14H,3,6-7H2,1-2H3,(H,16,17). The highest BCUT2D eigenvalue weighted by molar-refractivity contribution is 7.92. The molecule has 0 aliphatic rings. The van der Waals surface area contributed by atoms with Crippen LogP contribution in [0, 0.1) is 6.92 Å². The second-order valence-electron chi connectivity index (χ2n) is 4.31. The molecular weight excluding hydrogens is 298 g/mol. The van der Waals surface area contributed by atoms with Crippen molar-refractivity contribution in [3.05, 3.63) is 29.3 Å². The number of aromatic carboxylic acids is 1. The van der Waals surface area contributed by atoms with Gasteiger partial charge in [-0.05, 0) is 37.6 Å². The first-order chi connectivity index (χ1) is 9.75. The third-order valence-corrected chi connectivity index (χ3v) is 3.89. The van der Waals surface area contributed by atoms with Gasteiger partial charge in [-0.2, -0.15) is 0 Å². The minimum Gasteiger partial charge on any atom is -0.478 e. The molecule has 0 unspecified atom stereocenters. The van der Waals surface area contributed by atoms with Gasteiger partial charge < -0.3 is 9.84 Å². The Hall–Kier alpha value is -2.09. The largest absolute Gasteiger partial charge is 0.478 e. The van der Waals surface area contributed by atoms with Crippen molar-refractivity contribution < 1.29 is 27.9 Å². The zero-order valence-corrected chi connectivity index (χ0v) is 12.6. The zero-order chi connectivity index (χ0) is 16.0. The molecule has 8 heteroatoms. The summed E-state index contributed by atoms with van der Waals surface area (Å²) in [7, 11) is -3.70. The molecule has 2 N–H and O–H groups in total. The fourth-order valence-corrected chi connectivity index (χ4v) is 2.68. The predicted molar refractivity (Wildman–Crippen MR) is 76.8 cm³/mol. The van der Waals surface area contributed by atoms with E-state index in [0.29, 0.717) is 5.56 Å². The van der Waals surface area contributed by atoms with Crippen LogP contribution in [0.3, 0.4) is 0 Å². The number of ether oxygens (including phenoxy) is 1. The lowest BCUT2D eigenvalue weighted by Gasteiger charge is -2.11. The maximum absolute atomic E-state index is 11.8. The molecule has 0 amide bonds. The molecular formula is C13H17NO6S. The Morgan fingerprint density at radius 2 is 2.00 bits per heavy atom. The van der Waals surface area contributed by atoms with Gasteiger partial charge in [0.15, 0.2) is 0 Å². The molecule has 1 aromatic rings. The number of esters is 1. The van der Waals surface area contributed by atoms with Crippen LogP contribution in [-0.4, -0.2) is 37.8 Å². The minimum absolute atomic E-state index is 0.0713. The number of carboxylic acids is 1. The minimum atomic E-state index is -3.70. The summed E-state index contributed by atoms with van der Waals surface area (Å²) < 4.78 is 30.7. The summed E-state index contributed by atoms with van der Waals surface area (Å²) in [5, 5.41) is 8.84. The van der Waals surface area contributed by atoms with Crippen molar-refractivity contribution in [2.75, 3.05) is 17.1 Å². The number of aryl methyl sites for hydroxylation is 1. The van der Waals surface area contributed by atoms with E-state index in [-0.39, 0.29) is 24.3 Å². The van der Waals surface area contributed by atoms with Crippen molar-refractivity contribution in [2.24, 2.45) is 0 Å². The van der Waals surface area contributed by atoms with Crippen LogP contribution in [0.25, 0.3) is 0 Å². The van der Waals surface area contributed by atoms with E-state index in [1.807, 2.05) is 0 Å². The summed E-state index contributed by atoms with van der Waals surface area (Å²) in [6.45, 7) is 3.43. The Bertz CT molecular complexity index is 638. The van der Waals surface area contributed by atoms with Crippen molar-refractivity contribution in [1.29, 1.82) is 0 Å². The maximum atomic E-state index is 11.8. The fraction of sp³-hybridized carbons (Fsp3) is 0.385. The van der Waals surface area contributed by atoms with E-state index in [4.69, 9.17) is 5.11 Å². The van der Waals surface area contributed by atoms with Crippen LogP contribution >= 0.6 is 0 Å². The van der Waals surface area contributed by atoms with Crippen LogP contribution in [0.4, 0.5) is 5.69 Å². The van der Waals surface area contributed by atoms with Gasteiger partial charge in [0.05, 0.1) is 30.0 Å². The predicted octanol–water partition coefficient (Wildman–Crippen LogP) is 1.39. The monoisotopic (exact) mass is 315 g/mol. The number of rotatable bonds is 7. The van der Waals surface area contributed by atoms with E-state index in [1.165, 1.54) is 18.2 Å². The molecule has 116 valence electrons. The lowest BCUT2D eigenvalue weighted by atomic mass is 10.1. The van der Waals surface area contributed by atoms with E-state index in [9.17, 15) is 18.0 Å². The summed E-state index contributed by atoms with van der Waals surface area (Å²) in [5.41, 5.74) is 0.834. The molecule has 0 aliphatic carbocycles. The normalized spacial score (nSPS) is 11.0. The number of carbonyl (C=O) groups is 2. The number of benzene rings is 1. The second kappa shape index (κ2) is 7.07. The topological polar surface area (TPSA) is 110 Å². The first-order valence-electron chi connectivity index (χ1n) is 6.25. The van der Waals surface area contributed by atoms with Gasteiger partial charge in [-0.25, -0.2) is 13.2 Å². The Balaban J connectivity index is 2.75. The molecule has 7 nitrogen and oxygen atoms in total. The Labute approximate surface area is 123 Å². The van der Waals surface area contributed by atoms with Crippen LogP contribution in [0.5, 0.6) is 0 Å². The number of hydrogen-bond donors (Lipinski definition) is 2. The van der Waals surface area contributed by atoms with Gasteiger partial charge in [0.2, 0.25) is 10.0 Å². The molecule has 0 heterocycles. The van der Waals surface area contributed by atoms with Gasteiger partial charge in [0, 0.05) is 0 Å². The Morgan fingerprint density at radius 1 is 1.33 bits per heavy atom. The summed E-state index contributed by atoms with van der Waals surface area (Å²) >= 11 is 0. The van der Waals surface area contributed by atoms with E-state index in [0.717, 1.165) is 0 Å². The highest BCUT2D eigenvalue weighted by atomic mass is 32.2. The lowest BCUT2D eigenvalue weighted by Crippen LogP contribution is -2.20. The second-order valence-corrected chi connectivity index (χ2v) is 6.15. The van der Waals surface area contributed by atoms with Gasteiger partial charge in [0.1, 0.15) is 0 Å². The quantitative estimate of drug-likeness (QED) is 0.736. The number of nitrogens with one attached hydrogen (secondary N) is 1. The molecule has 0 aliphatic heterocycles. The summed E-state index contributed by atoms with van der Waals surface area (Å²) in [5.74, 6) is -2.07. The van der Waals surface area contributed by atoms with E-state index < -0.39 is 27.7 Å². The summed E-state index contributed by atoms with van der Waals surface area (Å²) in [4.78, 5) is 21.9. The molecule has 21 heavy (non-hydrogen) atoms. The van der Waals surface area contributed by atoms with Crippen LogP contribution in [0.15, 0.2) is 18.2 Å². The smallest absolute Gasteiger partial charge is 0.335 e. The molecule has 1 aromatic carbocycles. The van der Waals surface area contributed by atoms with Gasteiger partial charge in [0.25, 0.3) is 0 Å². The maximum Gasteiger partial charge on any atom is 0.335 e. The number of anilines is 1. The van der Waals surface area contributed by atoms with Crippen LogP contribution in [-0.2, 0) is 19.6 Å². The van der Waals surface area contributed by atoms with E-state index >= 15 is 0 Å². The molecule has 0 radical (unpaired) electrons. The third kappa shape index (κ3) is 5.42. The summed E-state index contributed by atoms with van der Waals surface area (Å²) in [6.07, 6.45) is -0.241. The van der Waals surface area contributed by atoms with Gasteiger partial charge in [-0.1, -0.05) is 0 Å². The molecule has 0 bridgehead atoms. The molecule has 0 saturated carbocycles. The molecule has 0 aromatic heterocycles. The third-order valence-electron chi connectivity index (χ3n) is 2.62. The SMILES string of the molecule is CCOC(=O)CCS(=O)(=O)Nc1ccc(C(=O)O)cc1C. The number of hydrogen-bond acceptors (Lipinski definition) is 5. The lowest BCUT2D eigenvalue weighted by molar-refractivity contribution is -0.142. The van der Waals surface area contributed by atoms with Crippen LogP contribution in [0.1, 0.15) is 29.3 Å². The van der Waals surface area contributed by atoms with Gasteiger partial charge in [-0.15, -0.1) is 0 Å². The van der Waals surface area contributed by atoms with Crippen molar-refractivity contribution in [3.8, 4) is 0 Å². The van der Waals surface area contributed by atoms with Gasteiger partial charge in [-0.3, -0.25) is 9.52 Å². The first-order valence-corrected chi connectivity index (χ1v) is 7.90. The molecule has 0 saturated heterocycles. The highest BCUT2D eigenvalue weighted by Gasteiger charge is 2.15. The average molecular weight is 315 g/mol. The first kappa shape index (κ1) is 17.0. The molecule has 0 spiro atoms. The Morgan fingerprint density at radius 3 is 2.52 bits per heavy atom. The zero-order valence-electron chi connectivity index (χ0n) is 11.8. The van der Waals surface area contributed by atoms with Crippen molar-refractivity contribution in [1.82, 2.24) is 0 Å². The fourth-order valence-electron chi connectivity index (χ4n) is 1.58. The van der Waals surface area contributed by atoms with Crippen LogP contribution in [0.2, 0.25) is 0 Å². The van der Waals surface area contributed by atoms with E-state index in [1.54, 1.807) is 13.8 Å². The number of carboxylic acid groups (broad SMARTS) is 1. The molecule has 1 rings (SSSR count). The van der Waals surface area contributed by atoms with E-state index in [2.05, 4.69) is 9.46 Å². The molecule has 0 atom stereocenters. The number of carbonyl (C=O) groups excluding carboxylic acids is 1. The molecule has 0 fully saturated rings. The van der Waals surface area contributed by atoms with Crippen molar-refractivity contribution in [2.45, 2.75) is 20.3 Å².